The smallest absolute Gasteiger partial charge is 0.225 e. The van der Waals surface area contributed by atoms with Crippen molar-refractivity contribution in [1.82, 2.24) is 10.2 Å². The number of amides is 2. The highest BCUT2D eigenvalue weighted by Gasteiger charge is 2.34. The van der Waals surface area contributed by atoms with Crippen LogP contribution in [-0.2, 0) is 22.6 Å². The van der Waals surface area contributed by atoms with E-state index >= 15 is 0 Å². The van der Waals surface area contributed by atoms with Crippen molar-refractivity contribution in [2.45, 2.75) is 19.4 Å². The summed E-state index contributed by atoms with van der Waals surface area (Å²) in [6.45, 7) is 0.933. The van der Waals surface area contributed by atoms with Crippen LogP contribution in [0.15, 0.2) is 42.5 Å². The normalized spacial score (nSPS) is 16.0. The first-order chi connectivity index (χ1) is 14.0. The number of nitrogens with one attached hydrogen (secondary N) is 1. The Bertz CT molecular complexity index is 887. The van der Waals surface area contributed by atoms with Crippen molar-refractivity contribution in [3.8, 4) is 11.5 Å². The Morgan fingerprint density at radius 1 is 1.17 bits per heavy atom. The van der Waals surface area contributed by atoms with Gasteiger partial charge in [0.25, 0.3) is 0 Å². The SMILES string of the molecule is COc1ccc(CCNC(=O)[C@@H]2CC(=O)N(Cc3ccccc3F)C2)cc1OC. The van der Waals surface area contributed by atoms with Crippen molar-refractivity contribution in [3.63, 3.8) is 0 Å². The highest BCUT2D eigenvalue weighted by molar-refractivity contribution is 5.89. The van der Waals surface area contributed by atoms with Crippen molar-refractivity contribution in [2.75, 3.05) is 27.3 Å². The monoisotopic (exact) mass is 400 g/mol. The van der Waals surface area contributed by atoms with E-state index in [2.05, 4.69) is 5.32 Å². The van der Waals surface area contributed by atoms with Crippen LogP contribution in [0, 0.1) is 11.7 Å². The summed E-state index contributed by atoms with van der Waals surface area (Å²) in [6, 6.07) is 12.0. The zero-order valence-electron chi connectivity index (χ0n) is 16.6. The Labute approximate surface area is 169 Å². The molecular formula is C22H25FN2O4. The van der Waals surface area contributed by atoms with Crippen molar-refractivity contribution < 1.29 is 23.5 Å². The molecule has 3 rings (SSSR count). The largest absolute Gasteiger partial charge is 0.493 e. The van der Waals surface area contributed by atoms with E-state index in [0.29, 0.717) is 36.6 Å². The molecule has 7 heteroatoms. The minimum absolute atomic E-state index is 0.131. The highest BCUT2D eigenvalue weighted by atomic mass is 19.1. The molecule has 154 valence electrons. The van der Waals surface area contributed by atoms with Gasteiger partial charge in [-0.2, -0.15) is 0 Å². The first kappa shape index (κ1) is 20.6. The molecule has 0 aromatic heterocycles. The van der Waals surface area contributed by atoms with Gasteiger partial charge in [0.15, 0.2) is 11.5 Å². The molecule has 29 heavy (non-hydrogen) atoms. The molecule has 0 bridgehead atoms. The molecule has 1 N–H and O–H groups in total. The molecule has 0 saturated carbocycles. The molecule has 0 spiro atoms. The molecular weight excluding hydrogens is 375 g/mol. The van der Waals surface area contributed by atoms with Gasteiger partial charge in [-0.15, -0.1) is 0 Å². The second-order valence-electron chi connectivity index (χ2n) is 7.00. The fourth-order valence-corrected chi connectivity index (χ4v) is 3.44. The van der Waals surface area contributed by atoms with Gasteiger partial charge in [0.1, 0.15) is 5.82 Å². The summed E-state index contributed by atoms with van der Waals surface area (Å²) in [7, 11) is 3.16. The number of nitrogens with zero attached hydrogens (tertiary/aromatic N) is 1. The van der Waals surface area contributed by atoms with E-state index in [4.69, 9.17) is 9.47 Å². The van der Waals surface area contributed by atoms with E-state index in [1.165, 1.54) is 11.0 Å². The van der Waals surface area contributed by atoms with E-state index in [0.717, 1.165) is 5.56 Å². The van der Waals surface area contributed by atoms with Crippen molar-refractivity contribution in [1.29, 1.82) is 0 Å². The molecule has 2 aromatic rings. The molecule has 1 heterocycles. The molecule has 6 nitrogen and oxygen atoms in total. The van der Waals surface area contributed by atoms with Crippen LogP contribution in [0.2, 0.25) is 0 Å². The van der Waals surface area contributed by atoms with Gasteiger partial charge in [0.2, 0.25) is 11.8 Å². The van der Waals surface area contributed by atoms with Gasteiger partial charge in [0.05, 0.1) is 20.1 Å². The van der Waals surface area contributed by atoms with E-state index in [-0.39, 0.29) is 30.6 Å². The van der Waals surface area contributed by atoms with Gasteiger partial charge in [0, 0.05) is 31.6 Å². The topological polar surface area (TPSA) is 67.9 Å². The quantitative estimate of drug-likeness (QED) is 0.740. The fourth-order valence-electron chi connectivity index (χ4n) is 3.44. The van der Waals surface area contributed by atoms with Crippen LogP contribution in [-0.4, -0.2) is 44.0 Å². The third-order valence-corrected chi connectivity index (χ3v) is 5.07. The summed E-state index contributed by atoms with van der Waals surface area (Å²) in [5.74, 6) is 0.243. The van der Waals surface area contributed by atoms with Crippen LogP contribution in [0.3, 0.4) is 0 Å². The Morgan fingerprint density at radius 2 is 1.93 bits per heavy atom. The minimum atomic E-state index is -0.417. The Kier molecular flexibility index (Phi) is 6.69. The number of methoxy groups -OCH3 is 2. The molecule has 1 aliphatic heterocycles. The van der Waals surface area contributed by atoms with Crippen LogP contribution in [0.5, 0.6) is 11.5 Å². The number of hydrogen-bond acceptors (Lipinski definition) is 4. The molecule has 1 atom stereocenters. The molecule has 0 radical (unpaired) electrons. The number of carbonyl (C=O) groups is 2. The van der Waals surface area contributed by atoms with Crippen LogP contribution in [0.4, 0.5) is 4.39 Å². The number of benzene rings is 2. The van der Waals surface area contributed by atoms with Gasteiger partial charge in [-0.3, -0.25) is 9.59 Å². The average molecular weight is 400 g/mol. The van der Waals surface area contributed by atoms with Crippen molar-refractivity contribution in [2.24, 2.45) is 5.92 Å². The summed E-state index contributed by atoms with van der Waals surface area (Å²) in [4.78, 5) is 26.2. The lowest BCUT2D eigenvalue weighted by Gasteiger charge is -2.17. The number of hydrogen-bond donors (Lipinski definition) is 1. The fraction of sp³-hybridized carbons (Fsp3) is 0.364. The van der Waals surface area contributed by atoms with Crippen LogP contribution in [0.25, 0.3) is 0 Å². The van der Waals surface area contributed by atoms with E-state index in [1.54, 1.807) is 32.4 Å². The van der Waals surface area contributed by atoms with Crippen LogP contribution < -0.4 is 14.8 Å². The zero-order chi connectivity index (χ0) is 20.8. The number of likely N-dealkylation sites (tertiary alicyclic amines) is 1. The molecule has 2 aromatic carbocycles. The second kappa shape index (κ2) is 9.41. The first-order valence-electron chi connectivity index (χ1n) is 9.51. The Morgan fingerprint density at radius 3 is 2.66 bits per heavy atom. The summed E-state index contributed by atoms with van der Waals surface area (Å²) in [5.41, 5.74) is 1.46. The van der Waals surface area contributed by atoms with Crippen molar-refractivity contribution in [3.05, 3.63) is 59.4 Å². The third kappa shape index (κ3) is 5.04. The predicted molar refractivity (Wildman–Crippen MR) is 106 cm³/mol. The van der Waals surface area contributed by atoms with Gasteiger partial charge in [-0.25, -0.2) is 4.39 Å². The summed E-state index contributed by atoms with van der Waals surface area (Å²) >= 11 is 0. The number of carbonyl (C=O) groups excluding carboxylic acids is 2. The van der Waals surface area contributed by atoms with Gasteiger partial charge in [-0.05, 0) is 30.2 Å². The second-order valence-corrected chi connectivity index (χ2v) is 7.00. The molecule has 0 unspecified atom stereocenters. The molecule has 1 saturated heterocycles. The molecule has 1 aliphatic rings. The van der Waals surface area contributed by atoms with E-state index in [1.807, 2.05) is 18.2 Å². The third-order valence-electron chi connectivity index (χ3n) is 5.07. The lowest BCUT2D eigenvalue weighted by Crippen LogP contribution is -2.34. The minimum Gasteiger partial charge on any atom is -0.493 e. The highest BCUT2D eigenvalue weighted by Crippen LogP contribution is 2.27. The standard InChI is InChI=1S/C22H25FN2O4/c1-28-19-8-7-15(11-20(19)29-2)9-10-24-22(27)17-12-21(26)25(14-17)13-16-5-3-4-6-18(16)23/h3-8,11,17H,9-10,12-14H2,1-2H3,(H,24,27)/t17-/m1/s1. The lowest BCUT2D eigenvalue weighted by atomic mass is 10.1. The number of rotatable bonds is 8. The van der Waals surface area contributed by atoms with Crippen LogP contribution >= 0.6 is 0 Å². The van der Waals surface area contributed by atoms with E-state index in [9.17, 15) is 14.0 Å². The molecule has 0 aliphatic carbocycles. The Balaban J connectivity index is 1.50. The van der Waals surface area contributed by atoms with Crippen molar-refractivity contribution >= 4 is 11.8 Å². The van der Waals surface area contributed by atoms with Gasteiger partial charge in [-0.1, -0.05) is 24.3 Å². The average Bonchev–Trinajstić information content (AvgIpc) is 3.10. The summed E-state index contributed by atoms with van der Waals surface area (Å²) in [5, 5.41) is 2.89. The molecule has 1 fully saturated rings. The maximum atomic E-state index is 13.8. The van der Waals surface area contributed by atoms with Gasteiger partial charge >= 0.3 is 0 Å². The maximum Gasteiger partial charge on any atom is 0.225 e. The van der Waals surface area contributed by atoms with Gasteiger partial charge < -0.3 is 19.7 Å². The Hall–Kier alpha value is -3.09. The molecule has 2 amide bonds. The predicted octanol–water partition coefficient (Wildman–Crippen LogP) is 2.55. The van der Waals surface area contributed by atoms with E-state index < -0.39 is 5.92 Å². The van der Waals surface area contributed by atoms with Crippen LogP contribution in [0.1, 0.15) is 17.5 Å². The summed E-state index contributed by atoms with van der Waals surface area (Å²) < 4.78 is 24.3. The zero-order valence-corrected chi connectivity index (χ0v) is 16.6. The maximum absolute atomic E-state index is 13.8. The summed E-state index contributed by atoms with van der Waals surface area (Å²) in [6.07, 6.45) is 0.780. The lowest BCUT2D eigenvalue weighted by molar-refractivity contribution is -0.129. The first-order valence-corrected chi connectivity index (χ1v) is 9.51. The number of ether oxygens (including phenoxy) is 2. The number of halogens is 1.